The van der Waals surface area contributed by atoms with Gasteiger partial charge in [-0.15, -0.1) is 0 Å². The lowest BCUT2D eigenvalue weighted by Crippen LogP contribution is -1.88. The fraction of sp³-hybridized carbons (Fsp3) is 0.333. The molecule has 0 spiro atoms. The lowest BCUT2D eigenvalue weighted by Gasteiger charge is -2.05. The Morgan fingerprint density at radius 3 is 2.91 bits per heavy atom. The quantitative estimate of drug-likeness (QED) is 0.660. The molecule has 0 aliphatic heterocycles. The molecule has 1 rings (SSSR count). The molecule has 2 nitrogen and oxygen atoms in total. The van der Waals surface area contributed by atoms with E-state index in [-0.39, 0.29) is 11.5 Å². The maximum absolute atomic E-state index is 7.32. The molecule has 0 radical (unpaired) electrons. The van der Waals surface area contributed by atoms with Gasteiger partial charge in [0.1, 0.15) is 11.5 Å². The van der Waals surface area contributed by atoms with Crippen molar-refractivity contribution in [3.63, 3.8) is 0 Å². The monoisotopic (exact) mass is 161 g/mol. The lowest BCUT2D eigenvalue weighted by atomic mass is 10.2. The molecule has 0 atom stereocenters. The molecule has 0 saturated heterocycles. The van der Waals surface area contributed by atoms with Crippen LogP contribution < -0.4 is 9.47 Å². The van der Waals surface area contributed by atoms with Crippen LogP contribution in [0, 0.1) is 6.85 Å². The van der Waals surface area contributed by atoms with Gasteiger partial charge in [-0.05, 0) is 30.6 Å². The van der Waals surface area contributed by atoms with E-state index in [0.29, 0.717) is 0 Å². The highest BCUT2D eigenvalue weighted by Gasteiger charge is 1.97. The van der Waals surface area contributed by atoms with Gasteiger partial charge in [0.25, 0.3) is 0 Å². The number of hydrogen-bond donors (Lipinski definition) is 0. The topological polar surface area (TPSA) is 18.5 Å². The largest absolute Gasteiger partial charge is 0.497 e. The summed E-state index contributed by atoms with van der Waals surface area (Å²) in [5, 5.41) is 0. The van der Waals surface area contributed by atoms with Crippen LogP contribution in [-0.2, 0) is 0 Å². The summed E-state index contributed by atoms with van der Waals surface area (Å²) in [5.41, 5.74) is -0.435. The molecule has 0 aliphatic carbocycles. The maximum atomic E-state index is 7.32. The zero-order valence-electron chi connectivity index (χ0n) is 14.5. The van der Waals surface area contributed by atoms with Crippen molar-refractivity contribution in [1.82, 2.24) is 0 Å². The first-order valence-electron chi connectivity index (χ1n) is 7.30. The van der Waals surface area contributed by atoms with E-state index >= 15 is 0 Å². The highest BCUT2D eigenvalue weighted by molar-refractivity contribution is 5.39. The number of rotatable bonds is 2. The van der Waals surface area contributed by atoms with Crippen LogP contribution in [0.3, 0.4) is 0 Å². The van der Waals surface area contributed by atoms with Crippen LogP contribution in [0.2, 0.25) is 0 Å². The lowest BCUT2D eigenvalue weighted by molar-refractivity contribution is 0.400. The van der Waals surface area contributed by atoms with Crippen LogP contribution >= 0.6 is 0 Å². The van der Waals surface area contributed by atoms with E-state index in [0.717, 1.165) is 18.2 Å². The molecule has 11 heavy (non-hydrogen) atoms. The van der Waals surface area contributed by atoms with Crippen molar-refractivity contribution < 1.29 is 21.8 Å². The van der Waals surface area contributed by atoms with Crippen molar-refractivity contribution in [2.24, 2.45) is 0 Å². The Hall–Kier alpha value is -1.18. The molecule has 1 aromatic rings. The van der Waals surface area contributed by atoms with Gasteiger partial charge in [0.05, 0.1) is 22.3 Å². The minimum atomic E-state index is -2.81. The number of methoxy groups -OCH3 is 2. The minimum absolute atomic E-state index is 0.214. The van der Waals surface area contributed by atoms with Crippen LogP contribution in [0.5, 0.6) is 11.5 Å². The first-order valence-corrected chi connectivity index (χ1v) is 2.80. The standard InChI is InChI=1S/C9H12O2/c1-7-6-8(10-2)4-5-9(7)11-3/h4-6H,1-3H3/i1D3,2D3,3D3. The van der Waals surface area contributed by atoms with Gasteiger partial charge in [-0.25, -0.2) is 0 Å². The molecule has 60 valence electrons. The molecule has 2 heteroatoms. The first kappa shape index (κ1) is 2.16. The van der Waals surface area contributed by atoms with Gasteiger partial charge in [-0.1, -0.05) is 0 Å². The zero-order chi connectivity index (χ0) is 15.8. The fourth-order valence-electron chi connectivity index (χ4n) is 0.662. The predicted molar refractivity (Wildman–Crippen MR) is 44.3 cm³/mol. The Morgan fingerprint density at radius 1 is 1.27 bits per heavy atom. The van der Waals surface area contributed by atoms with Crippen LogP contribution in [0.25, 0.3) is 0 Å². The van der Waals surface area contributed by atoms with Gasteiger partial charge < -0.3 is 9.47 Å². The minimum Gasteiger partial charge on any atom is -0.497 e. The van der Waals surface area contributed by atoms with Crippen LogP contribution in [0.4, 0.5) is 0 Å². The molecule has 0 aromatic heterocycles. The van der Waals surface area contributed by atoms with Crippen LogP contribution in [-0.4, -0.2) is 14.1 Å². The third-order valence-corrected chi connectivity index (χ3v) is 1.18. The summed E-state index contributed by atoms with van der Waals surface area (Å²) >= 11 is 0. The van der Waals surface area contributed by atoms with Gasteiger partial charge >= 0.3 is 0 Å². The summed E-state index contributed by atoms with van der Waals surface area (Å²) in [4.78, 5) is 0. The van der Waals surface area contributed by atoms with Crippen LogP contribution in [0.15, 0.2) is 18.2 Å². The Balaban J connectivity index is 3.21. The highest BCUT2D eigenvalue weighted by atomic mass is 16.5. The number of ether oxygens (including phenoxy) is 2. The SMILES string of the molecule is [2H]C([2H])([2H])Oc1ccc(OC([2H])([2H])[2H])c(C([2H])([2H])[2H])c1. The van der Waals surface area contributed by atoms with Crippen molar-refractivity contribution in [1.29, 1.82) is 0 Å². The molecule has 0 bridgehead atoms. The van der Waals surface area contributed by atoms with Crippen molar-refractivity contribution in [2.75, 3.05) is 14.1 Å². The summed E-state index contributed by atoms with van der Waals surface area (Å²) in [7, 11) is -5.55. The summed E-state index contributed by atoms with van der Waals surface area (Å²) in [6.07, 6.45) is 0. The van der Waals surface area contributed by atoms with E-state index < -0.39 is 26.5 Å². The second kappa shape index (κ2) is 3.28. The maximum Gasteiger partial charge on any atom is 0.122 e. The second-order valence-electron chi connectivity index (χ2n) is 1.86. The first-order chi connectivity index (χ1) is 8.78. The fourth-order valence-corrected chi connectivity index (χ4v) is 0.662. The smallest absolute Gasteiger partial charge is 0.122 e. The molecule has 0 saturated carbocycles. The molecule has 0 fully saturated rings. The molecule has 0 amide bonds. The van der Waals surface area contributed by atoms with Gasteiger partial charge in [0.2, 0.25) is 0 Å². The van der Waals surface area contributed by atoms with E-state index in [1.165, 1.54) is 0 Å². The van der Waals surface area contributed by atoms with Gasteiger partial charge in [0.15, 0.2) is 0 Å². The summed E-state index contributed by atoms with van der Waals surface area (Å²) in [6.45, 7) is -2.67. The molecule has 0 heterocycles. The van der Waals surface area contributed by atoms with Crippen molar-refractivity contribution in [2.45, 2.75) is 6.85 Å². The molecular formula is C9H12O2. The van der Waals surface area contributed by atoms with E-state index in [1.807, 2.05) is 0 Å². The Labute approximate surface area is 79.4 Å². The number of benzene rings is 1. The molecule has 1 aromatic carbocycles. The third-order valence-electron chi connectivity index (χ3n) is 1.18. The molecule has 0 N–H and O–H groups in total. The highest BCUT2D eigenvalue weighted by Crippen LogP contribution is 2.22. The van der Waals surface area contributed by atoms with Crippen LogP contribution in [0.1, 0.15) is 17.9 Å². The van der Waals surface area contributed by atoms with E-state index in [1.54, 1.807) is 0 Å². The van der Waals surface area contributed by atoms with Crippen molar-refractivity contribution in [3.05, 3.63) is 23.8 Å². The molecule has 0 aliphatic rings. The normalized spacial score (nSPS) is 24.9. The van der Waals surface area contributed by atoms with E-state index in [2.05, 4.69) is 9.47 Å². The average Bonchev–Trinajstić information content (AvgIpc) is 2.14. The Bertz CT molecular complexity index is 472. The van der Waals surface area contributed by atoms with Crippen molar-refractivity contribution in [3.8, 4) is 11.5 Å². The molecule has 0 unspecified atom stereocenters. The Kier molecular flexibility index (Phi) is 0.643. The van der Waals surface area contributed by atoms with E-state index in [4.69, 9.17) is 12.3 Å². The number of aryl methyl sites for hydroxylation is 1. The predicted octanol–water partition coefficient (Wildman–Crippen LogP) is 2.01. The Morgan fingerprint density at radius 2 is 2.18 bits per heavy atom. The van der Waals surface area contributed by atoms with Crippen molar-refractivity contribution >= 4 is 0 Å². The molecular weight excluding hydrogens is 140 g/mol. The van der Waals surface area contributed by atoms with Gasteiger partial charge in [0, 0.05) is 4.11 Å². The van der Waals surface area contributed by atoms with E-state index in [9.17, 15) is 0 Å². The average molecular weight is 161 g/mol. The second-order valence-corrected chi connectivity index (χ2v) is 1.86. The third kappa shape index (κ3) is 1.64. The summed E-state index contributed by atoms with van der Waals surface area (Å²) in [6, 6.07) is 3.11. The summed E-state index contributed by atoms with van der Waals surface area (Å²) < 4.78 is 72.9. The zero-order valence-corrected chi connectivity index (χ0v) is 5.55. The summed E-state index contributed by atoms with van der Waals surface area (Å²) in [5.74, 6) is -0.586. The van der Waals surface area contributed by atoms with Gasteiger partial charge in [-0.3, -0.25) is 0 Å². The van der Waals surface area contributed by atoms with Gasteiger partial charge in [-0.2, -0.15) is 0 Å². The number of hydrogen-bond acceptors (Lipinski definition) is 2.